The summed E-state index contributed by atoms with van der Waals surface area (Å²) in [6.07, 6.45) is 1.65. The first-order valence-electron chi connectivity index (χ1n) is 9.17. The lowest BCUT2D eigenvalue weighted by atomic mass is 10.2. The van der Waals surface area contributed by atoms with E-state index in [4.69, 9.17) is 4.74 Å². The van der Waals surface area contributed by atoms with Crippen molar-refractivity contribution in [3.05, 3.63) is 72.3 Å². The van der Waals surface area contributed by atoms with Crippen molar-refractivity contribution in [3.63, 3.8) is 0 Å². The second-order valence-corrected chi connectivity index (χ2v) is 6.14. The fourth-order valence-electron chi connectivity index (χ4n) is 2.77. The van der Waals surface area contributed by atoms with Crippen molar-refractivity contribution in [2.75, 3.05) is 23.3 Å². The van der Waals surface area contributed by atoms with Crippen LogP contribution in [0, 0.1) is 5.82 Å². The largest absolute Gasteiger partial charge is 0.471 e. The molecule has 7 heteroatoms. The normalized spacial score (nSPS) is 10.5. The van der Waals surface area contributed by atoms with Gasteiger partial charge in [-0.25, -0.2) is 9.07 Å². The van der Waals surface area contributed by atoms with Crippen molar-refractivity contribution < 1.29 is 13.9 Å². The molecule has 0 unspecified atom stereocenters. The van der Waals surface area contributed by atoms with E-state index >= 15 is 0 Å². The van der Waals surface area contributed by atoms with Crippen molar-refractivity contribution in [2.45, 2.75) is 20.6 Å². The van der Waals surface area contributed by atoms with Gasteiger partial charge in [-0.2, -0.15) is 5.10 Å². The van der Waals surface area contributed by atoms with Crippen molar-refractivity contribution >= 4 is 17.3 Å². The molecule has 1 heterocycles. The van der Waals surface area contributed by atoms with Gasteiger partial charge in [0.2, 0.25) is 0 Å². The number of hydrogen-bond donors (Lipinski definition) is 1. The van der Waals surface area contributed by atoms with Crippen molar-refractivity contribution in [1.29, 1.82) is 0 Å². The lowest BCUT2D eigenvalue weighted by molar-refractivity contribution is 0.102. The Balaban J connectivity index is 1.57. The molecule has 0 saturated heterocycles. The van der Waals surface area contributed by atoms with Crippen LogP contribution in [0.5, 0.6) is 5.75 Å². The number of carbonyl (C=O) groups is 1. The molecule has 2 aromatic carbocycles. The summed E-state index contributed by atoms with van der Waals surface area (Å²) < 4.78 is 19.9. The highest BCUT2D eigenvalue weighted by atomic mass is 19.1. The van der Waals surface area contributed by atoms with Crippen LogP contribution in [-0.2, 0) is 6.73 Å². The number of hydrogen-bond acceptors (Lipinski definition) is 4. The zero-order valence-electron chi connectivity index (χ0n) is 15.9. The van der Waals surface area contributed by atoms with E-state index in [1.165, 1.54) is 28.9 Å². The van der Waals surface area contributed by atoms with Crippen LogP contribution in [0.15, 0.2) is 60.8 Å². The van der Waals surface area contributed by atoms with Crippen LogP contribution < -0.4 is 15.0 Å². The molecule has 0 aliphatic carbocycles. The van der Waals surface area contributed by atoms with E-state index in [1.54, 1.807) is 12.3 Å². The molecule has 1 N–H and O–H groups in total. The van der Waals surface area contributed by atoms with E-state index in [9.17, 15) is 9.18 Å². The van der Waals surface area contributed by atoms with Gasteiger partial charge in [0.15, 0.2) is 12.4 Å². The minimum atomic E-state index is -0.324. The molecule has 0 bridgehead atoms. The predicted octanol–water partition coefficient (Wildman–Crippen LogP) is 4.16. The van der Waals surface area contributed by atoms with E-state index in [1.807, 2.05) is 24.3 Å². The van der Waals surface area contributed by atoms with E-state index < -0.39 is 0 Å². The number of rotatable bonds is 8. The van der Waals surface area contributed by atoms with E-state index in [0.29, 0.717) is 11.4 Å². The predicted molar refractivity (Wildman–Crippen MR) is 107 cm³/mol. The van der Waals surface area contributed by atoms with Gasteiger partial charge in [-0.1, -0.05) is 0 Å². The van der Waals surface area contributed by atoms with Crippen LogP contribution in [0.1, 0.15) is 24.3 Å². The number of nitrogens with zero attached hydrogens (tertiary/aromatic N) is 3. The summed E-state index contributed by atoms with van der Waals surface area (Å²) in [5, 5.41) is 7.05. The maximum absolute atomic E-state index is 12.9. The van der Waals surface area contributed by atoms with Crippen LogP contribution in [-0.4, -0.2) is 28.8 Å². The van der Waals surface area contributed by atoms with Gasteiger partial charge >= 0.3 is 0 Å². The Morgan fingerprint density at radius 3 is 2.39 bits per heavy atom. The van der Waals surface area contributed by atoms with Crippen LogP contribution in [0.2, 0.25) is 0 Å². The van der Waals surface area contributed by atoms with E-state index in [-0.39, 0.29) is 24.1 Å². The zero-order chi connectivity index (χ0) is 19.9. The summed E-state index contributed by atoms with van der Waals surface area (Å²) >= 11 is 0. The minimum Gasteiger partial charge on any atom is -0.471 e. The molecule has 0 spiro atoms. The number of halogens is 1. The molecule has 6 nitrogen and oxygen atoms in total. The first kappa shape index (κ1) is 19.4. The molecule has 0 radical (unpaired) electrons. The Labute approximate surface area is 163 Å². The monoisotopic (exact) mass is 382 g/mol. The van der Waals surface area contributed by atoms with E-state index in [2.05, 4.69) is 29.2 Å². The molecule has 146 valence electrons. The zero-order valence-corrected chi connectivity index (χ0v) is 15.9. The molecule has 0 aliphatic rings. The van der Waals surface area contributed by atoms with Gasteiger partial charge in [0.1, 0.15) is 11.6 Å². The second-order valence-electron chi connectivity index (χ2n) is 6.14. The van der Waals surface area contributed by atoms with Crippen LogP contribution >= 0.6 is 0 Å². The smallest absolute Gasteiger partial charge is 0.276 e. The summed E-state index contributed by atoms with van der Waals surface area (Å²) in [5.41, 5.74) is 2.11. The summed E-state index contributed by atoms with van der Waals surface area (Å²) in [6, 6.07) is 15.1. The lowest BCUT2D eigenvalue weighted by Gasteiger charge is -2.21. The Kier molecular flexibility index (Phi) is 6.26. The van der Waals surface area contributed by atoms with Gasteiger partial charge in [-0.05, 0) is 68.4 Å². The lowest BCUT2D eigenvalue weighted by Crippen LogP contribution is -2.21. The highest BCUT2D eigenvalue weighted by Gasteiger charge is 2.11. The molecule has 1 amide bonds. The van der Waals surface area contributed by atoms with Gasteiger partial charge in [0.25, 0.3) is 5.91 Å². The second kappa shape index (κ2) is 9.03. The fraction of sp³-hybridized carbons (Fsp3) is 0.238. The number of amides is 1. The van der Waals surface area contributed by atoms with Gasteiger partial charge in [-0.3, -0.25) is 4.79 Å². The standard InChI is InChI=1S/C21H23FN4O2/c1-3-25(4-2)18-9-7-17(8-10-18)23-21(27)20-13-14-26(24-20)15-28-19-11-5-16(22)6-12-19/h5-14H,3-4,15H2,1-2H3,(H,23,27). The van der Waals surface area contributed by atoms with Crippen LogP contribution in [0.4, 0.5) is 15.8 Å². The number of nitrogens with one attached hydrogen (secondary N) is 1. The molecule has 0 aliphatic heterocycles. The maximum atomic E-state index is 12.9. The summed E-state index contributed by atoms with van der Waals surface area (Å²) in [7, 11) is 0. The molecule has 0 saturated carbocycles. The number of benzene rings is 2. The molecular weight excluding hydrogens is 359 g/mol. The summed E-state index contributed by atoms with van der Waals surface area (Å²) in [4.78, 5) is 14.6. The number of aromatic nitrogens is 2. The molecule has 0 atom stereocenters. The van der Waals surface area contributed by atoms with Crippen LogP contribution in [0.3, 0.4) is 0 Å². The molecule has 1 aromatic heterocycles. The Bertz CT molecular complexity index is 903. The molecule has 3 aromatic rings. The Hall–Kier alpha value is -3.35. The number of ether oxygens (including phenoxy) is 1. The molecular formula is C21H23FN4O2. The number of anilines is 2. The Morgan fingerprint density at radius 1 is 1.07 bits per heavy atom. The third-order valence-electron chi connectivity index (χ3n) is 4.30. The fourth-order valence-corrected chi connectivity index (χ4v) is 2.77. The average Bonchev–Trinajstić information content (AvgIpc) is 3.19. The number of carbonyl (C=O) groups excluding carboxylic acids is 1. The summed E-state index contributed by atoms with van der Waals surface area (Å²) in [5.74, 6) is -0.0946. The van der Waals surface area contributed by atoms with Gasteiger partial charge in [0.05, 0.1) is 0 Å². The third kappa shape index (κ3) is 4.88. The quantitative estimate of drug-likeness (QED) is 0.636. The highest BCUT2D eigenvalue weighted by Crippen LogP contribution is 2.18. The van der Waals surface area contributed by atoms with Gasteiger partial charge in [0, 0.05) is 30.7 Å². The van der Waals surface area contributed by atoms with Crippen molar-refractivity contribution in [1.82, 2.24) is 9.78 Å². The van der Waals surface area contributed by atoms with Crippen molar-refractivity contribution in [2.24, 2.45) is 0 Å². The molecule has 3 rings (SSSR count). The summed E-state index contributed by atoms with van der Waals surface area (Å²) in [6.45, 7) is 6.20. The van der Waals surface area contributed by atoms with Crippen molar-refractivity contribution in [3.8, 4) is 5.75 Å². The van der Waals surface area contributed by atoms with E-state index in [0.717, 1.165) is 18.8 Å². The highest BCUT2D eigenvalue weighted by molar-refractivity contribution is 6.02. The Morgan fingerprint density at radius 2 is 1.75 bits per heavy atom. The van der Waals surface area contributed by atoms with Gasteiger partial charge < -0.3 is 15.0 Å². The SMILES string of the molecule is CCN(CC)c1ccc(NC(=O)c2ccn(COc3ccc(F)cc3)n2)cc1. The third-order valence-corrected chi connectivity index (χ3v) is 4.30. The molecule has 28 heavy (non-hydrogen) atoms. The van der Waals surface area contributed by atoms with Crippen LogP contribution in [0.25, 0.3) is 0 Å². The average molecular weight is 382 g/mol. The molecule has 0 fully saturated rings. The van der Waals surface area contributed by atoms with Gasteiger partial charge in [-0.15, -0.1) is 0 Å². The first-order valence-corrected chi connectivity index (χ1v) is 9.17. The topological polar surface area (TPSA) is 59.4 Å². The maximum Gasteiger partial charge on any atom is 0.276 e. The minimum absolute atomic E-state index is 0.122. The first-order chi connectivity index (χ1) is 13.6.